The molecule has 25 N–H and O–H groups in total. The van der Waals surface area contributed by atoms with Crippen molar-refractivity contribution in [1.82, 2.24) is 42.2 Å². The number of nitrogens with two attached hydrogens (primary N) is 6. The Hall–Kier alpha value is -8.65. The van der Waals surface area contributed by atoms with Crippen LogP contribution in [0.5, 0.6) is 0 Å². The normalized spacial score (nSPS) is 14.9. The highest BCUT2D eigenvalue weighted by Gasteiger charge is 2.37. The van der Waals surface area contributed by atoms with Crippen molar-refractivity contribution in [2.75, 3.05) is 13.1 Å². The molecule has 0 bridgehead atoms. The van der Waals surface area contributed by atoms with Crippen LogP contribution in [0, 0.1) is 0 Å². The summed E-state index contributed by atoms with van der Waals surface area (Å²) in [7, 11) is 0. The van der Waals surface area contributed by atoms with Crippen LogP contribution < -0.4 is 71.6 Å². The molecule has 75 heavy (non-hydrogen) atoms. The number of aliphatic hydroxyl groups excluding tert-OH is 2. The van der Waals surface area contributed by atoms with Gasteiger partial charge in [-0.05, 0) is 57.6 Å². The fourth-order valence-electron chi connectivity index (χ4n) is 7.01. The third-order valence-corrected chi connectivity index (χ3v) is 10.8. The standard InChI is InChI=1S/C43H66N16O16/c1-18(60)32(39(72)54-24(9-5-11-50-42(46)47)35(68)56-26(14-29(45)62)37(70)57-28(41(74)75)16-31(65)66)59-40(73)33(19(2)61)58-36(69)25(10-6-12-51-43(48)49)53-38(71)27(15-30(63)64)55-34(67)22(44)13-20-17-52-23-8-4-3-7-21(20)23/h3-4,7-8,17-19,22,24-28,32-33,52,60-61H,5-6,9-16,44H2,1-2H3,(H2,45,62)(H,53,71)(H,54,72)(H,55,67)(H,56,68)(H,57,70)(H,58,69)(H,59,73)(H,63,64)(H,65,66)(H,74,75)(H4,46,47,50)(H4,48,49,51)/t18-,19-,22+,24+,25+,26+,27+,28+,32+,33+/m1/s1. The summed E-state index contributed by atoms with van der Waals surface area (Å²) in [4.78, 5) is 153. The number of carboxylic acid groups (broad SMARTS) is 3. The zero-order valence-corrected chi connectivity index (χ0v) is 40.8. The van der Waals surface area contributed by atoms with Crippen molar-refractivity contribution < 1.29 is 78.3 Å². The van der Waals surface area contributed by atoms with Gasteiger partial charge in [-0.1, -0.05) is 18.2 Å². The molecule has 0 saturated heterocycles. The van der Waals surface area contributed by atoms with E-state index in [1.54, 1.807) is 30.5 Å². The molecule has 0 saturated carbocycles. The average molecular weight is 1060 g/mol. The molecule has 0 aliphatic heterocycles. The van der Waals surface area contributed by atoms with Crippen LogP contribution in [0.4, 0.5) is 0 Å². The number of benzene rings is 1. The van der Waals surface area contributed by atoms with Crippen LogP contribution in [0.3, 0.4) is 0 Å². The molecule has 0 aliphatic carbocycles. The number of carboxylic acids is 3. The zero-order valence-electron chi connectivity index (χ0n) is 40.8. The topological polar surface area (TPSA) is 570 Å². The van der Waals surface area contributed by atoms with Crippen molar-refractivity contribution in [2.24, 2.45) is 44.4 Å². The first-order chi connectivity index (χ1) is 35.1. The van der Waals surface area contributed by atoms with Crippen LogP contribution >= 0.6 is 0 Å². The summed E-state index contributed by atoms with van der Waals surface area (Å²) in [6.45, 7) is 1.83. The number of nitrogens with zero attached hydrogens (tertiary/aromatic N) is 2. The Labute approximate surface area is 427 Å². The van der Waals surface area contributed by atoms with Crippen molar-refractivity contribution >= 4 is 88.0 Å². The molecule has 1 aromatic heterocycles. The van der Waals surface area contributed by atoms with Crippen molar-refractivity contribution in [3.05, 3.63) is 36.0 Å². The Morgan fingerprint density at radius 2 is 0.947 bits per heavy atom. The molecule has 0 aliphatic rings. The van der Waals surface area contributed by atoms with Gasteiger partial charge >= 0.3 is 17.9 Å². The molecular formula is C43H66N16O16. The Bertz CT molecular complexity index is 2440. The fourth-order valence-corrected chi connectivity index (χ4v) is 7.01. The third kappa shape index (κ3) is 21.9. The average Bonchev–Trinajstić information content (AvgIpc) is 3.72. The molecule has 0 unspecified atom stereocenters. The van der Waals surface area contributed by atoms with Gasteiger partial charge in [-0.15, -0.1) is 0 Å². The number of primary amides is 1. The number of amides is 8. The minimum absolute atomic E-state index is 0.0280. The first-order valence-electron chi connectivity index (χ1n) is 23.0. The molecule has 0 fully saturated rings. The monoisotopic (exact) mass is 1060 g/mol. The summed E-state index contributed by atoms with van der Waals surface area (Å²) in [6, 6.07) is -7.27. The molecule has 0 spiro atoms. The largest absolute Gasteiger partial charge is 0.481 e. The third-order valence-electron chi connectivity index (χ3n) is 10.8. The van der Waals surface area contributed by atoms with Crippen molar-refractivity contribution in [1.29, 1.82) is 0 Å². The van der Waals surface area contributed by atoms with Crippen molar-refractivity contribution in [3.8, 4) is 0 Å². The van der Waals surface area contributed by atoms with Crippen LogP contribution in [-0.4, -0.2) is 181 Å². The number of aliphatic imine (C=N–C) groups is 2. The number of hydrogen-bond donors (Lipinski definition) is 19. The Kier molecular flexibility index (Phi) is 25.3. The van der Waals surface area contributed by atoms with Crippen LogP contribution in [0.25, 0.3) is 10.9 Å². The van der Waals surface area contributed by atoms with Gasteiger partial charge in [0, 0.05) is 30.2 Å². The second-order valence-electron chi connectivity index (χ2n) is 17.0. The number of aliphatic carboxylic acids is 3. The smallest absolute Gasteiger partial charge is 0.326 e. The zero-order chi connectivity index (χ0) is 56.7. The number of carbonyl (C=O) groups is 11. The van der Waals surface area contributed by atoms with E-state index < -0.39 is 145 Å². The maximum Gasteiger partial charge on any atom is 0.326 e. The van der Waals surface area contributed by atoms with E-state index in [-0.39, 0.29) is 57.1 Å². The fraction of sp³-hybridized carbons (Fsp3) is 0.512. The van der Waals surface area contributed by atoms with Crippen LogP contribution in [-0.2, 0) is 59.2 Å². The summed E-state index contributed by atoms with van der Waals surface area (Å²) in [5.41, 5.74) is 34.4. The van der Waals surface area contributed by atoms with E-state index in [1.165, 1.54) is 0 Å². The minimum atomic E-state index is -2.02. The predicted octanol–water partition coefficient (Wildman–Crippen LogP) is -7.79. The number of nitrogens with one attached hydrogen (secondary N) is 8. The highest BCUT2D eigenvalue weighted by atomic mass is 16.4. The number of rotatable bonds is 33. The quantitative estimate of drug-likeness (QED) is 0.0179. The van der Waals surface area contributed by atoms with Gasteiger partial charge in [-0.3, -0.25) is 57.9 Å². The van der Waals surface area contributed by atoms with Crippen LogP contribution in [0.1, 0.15) is 64.4 Å². The maximum absolute atomic E-state index is 13.9. The number of hydrogen-bond acceptors (Lipinski definition) is 16. The van der Waals surface area contributed by atoms with Crippen LogP contribution in [0.15, 0.2) is 40.4 Å². The second kappa shape index (κ2) is 30.4. The number of H-pyrrole nitrogens is 1. The summed E-state index contributed by atoms with van der Waals surface area (Å²) in [5, 5.41) is 65.6. The number of guanidine groups is 2. The molecule has 32 nitrogen and oxygen atoms in total. The first-order valence-corrected chi connectivity index (χ1v) is 23.0. The lowest BCUT2D eigenvalue weighted by Gasteiger charge is -2.29. The molecule has 2 rings (SSSR count). The van der Waals surface area contributed by atoms with E-state index in [4.69, 9.17) is 39.5 Å². The highest BCUT2D eigenvalue weighted by molar-refractivity contribution is 5.99. The van der Waals surface area contributed by atoms with Gasteiger partial charge < -0.3 is 102 Å². The summed E-state index contributed by atoms with van der Waals surface area (Å²) >= 11 is 0. The van der Waals surface area contributed by atoms with E-state index in [1.807, 2.05) is 5.32 Å². The summed E-state index contributed by atoms with van der Waals surface area (Å²) in [5.74, 6) is -15.3. The molecule has 414 valence electrons. The van der Waals surface area contributed by atoms with E-state index in [9.17, 15) is 73.2 Å². The molecule has 0 radical (unpaired) electrons. The van der Waals surface area contributed by atoms with Crippen molar-refractivity contribution in [2.45, 2.75) is 126 Å². The molecule has 32 heteroatoms. The molecule has 2 aromatic rings. The number of carbonyl (C=O) groups excluding carboxylic acids is 8. The van der Waals surface area contributed by atoms with Gasteiger partial charge in [-0.2, -0.15) is 0 Å². The van der Waals surface area contributed by atoms with Gasteiger partial charge in [0.25, 0.3) is 0 Å². The Balaban J connectivity index is 2.39. The van der Waals surface area contributed by atoms with Crippen LogP contribution in [0.2, 0.25) is 0 Å². The number of aromatic amines is 1. The lowest BCUT2D eigenvalue weighted by Crippen LogP contribution is -2.63. The minimum Gasteiger partial charge on any atom is -0.481 e. The number of aliphatic hydroxyl groups is 2. The van der Waals surface area contributed by atoms with E-state index >= 15 is 0 Å². The number of aromatic nitrogens is 1. The van der Waals surface area contributed by atoms with E-state index in [2.05, 4.69) is 46.9 Å². The summed E-state index contributed by atoms with van der Waals surface area (Å²) in [6.07, 6.45) is -5.78. The predicted molar refractivity (Wildman–Crippen MR) is 263 cm³/mol. The maximum atomic E-state index is 13.9. The van der Waals surface area contributed by atoms with E-state index in [0.29, 0.717) is 5.56 Å². The lowest BCUT2D eigenvalue weighted by atomic mass is 10.0. The second-order valence-corrected chi connectivity index (χ2v) is 17.0. The Morgan fingerprint density at radius 3 is 1.43 bits per heavy atom. The lowest BCUT2D eigenvalue weighted by molar-refractivity contribution is -0.147. The Morgan fingerprint density at radius 1 is 0.547 bits per heavy atom. The van der Waals surface area contributed by atoms with Gasteiger partial charge in [0.05, 0.1) is 37.5 Å². The van der Waals surface area contributed by atoms with Gasteiger partial charge in [0.1, 0.15) is 42.3 Å². The molecule has 1 aromatic carbocycles. The SMILES string of the molecule is C[C@@H](O)[C@H](NC(=O)[C@H](CCCN=C(N)N)NC(=O)[C@H](CC(=O)O)NC(=O)[C@@H](N)Cc1c[nH]c2ccccc12)C(=O)N[C@H](C(=O)N[C@@H](CCCN=C(N)N)C(=O)N[C@@H](CC(N)=O)C(=O)N[C@@H](CC(=O)O)C(=O)O)[C@@H](C)O. The molecule has 10 atom stereocenters. The molecular weight excluding hydrogens is 997 g/mol. The highest BCUT2D eigenvalue weighted by Crippen LogP contribution is 2.19. The van der Waals surface area contributed by atoms with E-state index in [0.717, 1.165) is 24.8 Å². The number of fused-ring (bicyclic) bond motifs is 1. The number of para-hydroxylation sites is 1. The molecule has 8 amide bonds. The van der Waals surface area contributed by atoms with Gasteiger partial charge in [0.15, 0.2) is 11.9 Å². The summed E-state index contributed by atoms with van der Waals surface area (Å²) < 4.78 is 0. The first kappa shape index (κ1) is 62.5. The van der Waals surface area contributed by atoms with Gasteiger partial charge in [-0.25, -0.2) is 4.79 Å². The van der Waals surface area contributed by atoms with Crippen molar-refractivity contribution in [3.63, 3.8) is 0 Å². The molecule has 1 heterocycles. The van der Waals surface area contributed by atoms with Gasteiger partial charge in [0.2, 0.25) is 47.3 Å².